The summed E-state index contributed by atoms with van der Waals surface area (Å²) < 4.78 is 38.7. The second kappa shape index (κ2) is 9.79. The number of Topliss-reactive ketones (excluding diaryl/α,β-unsaturated/α-hetero) is 1. The normalized spacial score (nSPS) is 13.7. The van der Waals surface area contributed by atoms with Crippen LogP contribution in [0.2, 0.25) is 0 Å². The highest BCUT2D eigenvalue weighted by Crippen LogP contribution is 2.26. The number of carbonyl (C=O) groups excluding carboxylic acids is 2. The van der Waals surface area contributed by atoms with Crippen molar-refractivity contribution in [2.24, 2.45) is 0 Å². The Bertz CT molecular complexity index is 1350. The van der Waals surface area contributed by atoms with E-state index in [0.717, 1.165) is 11.1 Å². The summed E-state index contributed by atoms with van der Waals surface area (Å²) in [5, 5.41) is 0. The summed E-state index contributed by atoms with van der Waals surface area (Å²) in [6, 6.07) is 18.5. The van der Waals surface area contributed by atoms with Gasteiger partial charge < -0.3 is 9.47 Å². The number of hydrogen-bond donors (Lipinski definition) is 0. The molecular formula is C26H25NO6S. The van der Waals surface area contributed by atoms with E-state index in [4.69, 9.17) is 9.47 Å². The van der Waals surface area contributed by atoms with Crippen molar-refractivity contribution >= 4 is 21.8 Å². The molecule has 176 valence electrons. The largest absolute Gasteiger partial charge is 0.496 e. The summed E-state index contributed by atoms with van der Waals surface area (Å²) in [6.45, 7) is 1.99. The molecule has 1 heterocycles. The quantitative estimate of drug-likeness (QED) is 0.376. The molecule has 0 saturated carbocycles. The topological polar surface area (TPSA) is 90.0 Å². The number of ketones is 1. The number of fused-ring (bicyclic) bond motifs is 1. The van der Waals surface area contributed by atoms with Crippen molar-refractivity contribution in [2.75, 3.05) is 13.7 Å². The van der Waals surface area contributed by atoms with Crippen LogP contribution in [-0.2, 0) is 34.3 Å². The van der Waals surface area contributed by atoms with Gasteiger partial charge in [-0.2, -0.15) is 4.31 Å². The maximum absolute atomic E-state index is 13.3. The first-order valence-corrected chi connectivity index (χ1v) is 12.3. The van der Waals surface area contributed by atoms with Crippen LogP contribution in [0.5, 0.6) is 5.75 Å². The average molecular weight is 480 g/mol. The highest BCUT2D eigenvalue weighted by atomic mass is 32.2. The second-order valence-electron chi connectivity index (χ2n) is 8.04. The van der Waals surface area contributed by atoms with Crippen LogP contribution >= 0.6 is 0 Å². The number of carbonyl (C=O) groups is 2. The molecule has 0 bridgehead atoms. The van der Waals surface area contributed by atoms with Gasteiger partial charge in [-0.05, 0) is 60.9 Å². The summed E-state index contributed by atoms with van der Waals surface area (Å²) in [5.41, 5.74) is 3.27. The summed E-state index contributed by atoms with van der Waals surface area (Å²) >= 11 is 0. The van der Waals surface area contributed by atoms with Crippen LogP contribution in [0, 0.1) is 0 Å². The van der Waals surface area contributed by atoms with Crippen molar-refractivity contribution in [1.82, 2.24) is 4.31 Å². The minimum absolute atomic E-state index is 0.0393. The summed E-state index contributed by atoms with van der Waals surface area (Å²) in [4.78, 5) is 24.4. The third kappa shape index (κ3) is 4.88. The predicted molar refractivity (Wildman–Crippen MR) is 126 cm³/mol. The highest BCUT2D eigenvalue weighted by Gasteiger charge is 2.28. The molecule has 7 nitrogen and oxygen atoms in total. The molecule has 34 heavy (non-hydrogen) atoms. The van der Waals surface area contributed by atoms with E-state index in [9.17, 15) is 18.0 Å². The van der Waals surface area contributed by atoms with Crippen LogP contribution in [0.3, 0.4) is 0 Å². The number of sulfonamides is 1. The van der Waals surface area contributed by atoms with Crippen molar-refractivity contribution in [3.8, 4) is 5.75 Å². The fourth-order valence-corrected chi connectivity index (χ4v) is 5.41. The lowest BCUT2D eigenvalue weighted by molar-refractivity contribution is 0.0470. The van der Waals surface area contributed by atoms with Crippen LogP contribution in [0.15, 0.2) is 71.6 Å². The van der Waals surface area contributed by atoms with Crippen LogP contribution in [0.1, 0.15) is 44.3 Å². The molecule has 1 aliphatic rings. The molecule has 0 N–H and O–H groups in total. The number of benzene rings is 3. The van der Waals surface area contributed by atoms with Gasteiger partial charge in [-0.3, -0.25) is 4.79 Å². The Morgan fingerprint density at radius 3 is 2.44 bits per heavy atom. The molecule has 0 saturated heterocycles. The van der Waals surface area contributed by atoms with Gasteiger partial charge in [0.25, 0.3) is 0 Å². The van der Waals surface area contributed by atoms with Crippen LogP contribution < -0.4 is 4.74 Å². The molecular weight excluding hydrogens is 454 g/mol. The Morgan fingerprint density at radius 1 is 0.941 bits per heavy atom. The van der Waals surface area contributed by atoms with Gasteiger partial charge in [-0.15, -0.1) is 0 Å². The molecule has 8 heteroatoms. The van der Waals surface area contributed by atoms with E-state index < -0.39 is 16.0 Å². The van der Waals surface area contributed by atoms with Crippen molar-refractivity contribution < 1.29 is 27.5 Å². The van der Waals surface area contributed by atoms with E-state index in [1.165, 1.54) is 42.6 Å². The molecule has 0 fully saturated rings. The Hall–Kier alpha value is -3.49. The SMILES string of the molecule is COc1ccc(C(C)=O)cc1COC(=O)c1cccc(S(=O)(=O)N2CCc3ccccc3C2)c1. The Labute approximate surface area is 199 Å². The molecule has 0 atom stereocenters. The second-order valence-corrected chi connectivity index (χ2v) is 9.98. The first-order valence-electron chi connectivity index (χ1n) is 10.8. The lowest BCUT2D eigenvalue weighted by atomic mass is 10.0. The van der Waals surface area contributed by atoms with Crippen molar-refractivity contribution in [2.45, 2.75) is 31.4 Å². The molecule has 0 aromatic heterocycles. The minimum Gasteiger partial charge on any atom is -0.496 e. The molecule has 0 amide bonds. The maximum Gasteiger partial charge on any atom is 0.338 e. The third-order valence-electron chi connectivity index (χ3n) is 5.85. The van der Waals surface area contributed by atoms with Crippen molar-refractivity contribution in [1.29, 1.82) is 0 Å². The van der Waals surface area contributed by atoms with Crippen LogP contribution in [0.25, 0.3) is 0 Å². The first-order chi connectivity index (χ1) is 16.3. The summed E-state index contributed by atoms with van der Waals surface area (Å²) in [7, 11) is -2.30. The molecule has 0 unspecified atom stereocenters. The molecule has 0 spiro atoms. The smallest absolute Gasteiger partial charge is 0.338 e. The third-order valence-corrected chi connectivity index (χ3v) is 7.69. The monoisotopic (exact) mass is 479 g/mol. The average Bonchev–Trinajstić information content (AvgIpc) is 2.86. The highest BCUT2D eigenvalue weighted by molar-refractivity contribution is 7.89. The summed E-state index contributed by atoms with van der Waals surface area (Å²) in [5.74, 6) is -0.302. The number of rotatable bonds is 7. The number of ether oxygens (including phenoxy) is 2. The van der Waals surface area contributed by atoms with Crippen LogP contribution in [0.4, 0.5) is 0 Å². The standard InChI is InChI=1S/C26H25NO6S/c1-18(28)20-10-11-25(32-2)23(14-20)17-33-26(29)21-8-5-9-24(15-21)34(30,31)27-13-12-19-6-3-4-7-22(19)16-27/h3-11,14-15H,12-13,16-17H2,1-2H3. The van der Waals surface area contributed by atoms with Gasteiger partial charge in [-0.25, -0.2) is 13.2 Å². The van der Waals surface area contributed by atoms with Gasteiger partial charge in [0.05, 0.1) is 17.6 Å². The van der Waals surface area contributed by atoms with Crippen molar-refractivity contribution in [3.63, 3.8) is 0 Å². The Balaban J connectivity index is 1.51. The molecule has 3 aromatic carbocycles. The zero-order valence-electron chi connectivity index (χ0n) is 19.0. The number of esters is 1. The van der Waals surface area contributed by atoms with E-state index in [-0.39, 0.29) is 22.8 Å². The number of methoxy groups -OCH3 is 1. The van der Waals surface area contributed by atoms with E-state index in [1.807, 2.05) is 24.3 Å². The van der Waals surface area contributed by atoms with E-state index in [0.29, 0.717) is 36.4 Å². The molecule has 1 aliphatic heterocycles. The van der Waals surface area contributed by atoms with Crippen LogP contribution in [-0.4, -0.2) is 38.1 Å². The van der Waals surface area contributed by atoms with E-state index in [2.05, 4.69) is 0 Å². The van der Waals surface area contributed by atoms with Crippen molar-refractivity contribution in [3.05, 3.63) is 94.5 Å². The molecule has 4 rings (SSSR count). The Kier molecular flexibility index (Phi) is 6.81. The fraction of sp³-hybridized carbons (Fsp3) is 0.231. The van der Waals surface area contributed by atoms with Gasteiger partial charge in [0, 0.05) is 24.2 Å². The zero-order chi connectivity index (χ0) is 24.3. The Morgan fingerprint density at radius 2 is 1.71 bits per heavy atom. The molecule has 3 aromatic rings. The molecule has 0 radical (unpaired) electrons. The van der Waals surface area contributed by atoms with Gasteiger partial charge in [0.2, 0.25) is 10.0 Å². The summed E-state index contributed by atoms with van der Waals surface area (Å²) in [6.07, 6.45) is 0.637. The van der Waals surface area contributed by atoms with E-state index >= 15 is 0 Å². The fourth-order valence-electron chi connectivity index (χ4n) is 3.94. The predicted octanol–water partition coefficient (Wildman–Crippen LogP) is 4.00. The minimum atomic E-state index is -3.79. The lowest BCUT2D eigenvalue weighted by Crippen LogP contribution is -2.36. The van der Waals surface area contributed by atoms with Gasteiger partial charge in [0.1, 0.15) is 12.4 Å². The van der Waals surface area contributed by atoms with E-state index in [1.54, 1.807) is 18.2 Å². The van der Waals surface area contributed by atoms with Gasteiger partial charge in [0.15, 0.2) is 5.78 Å². The zero-order valence-corrected chi connectivity index (χ0v) is 19.8. The maximum atomic E-state index is 13.3. The van der Waals surface area contributed by atoms with Gasteiger partial charge in [-0.1, -0.05) is 30.3 Å². The number of hydrogen-bond acceptors (Lipinski definition) is 6. The first kappa shape index (κ1) is 23.7. The van der Waals surface area contributed by atoms with Gasteiger partial charge >= 0.3 is 5.97 Å². The molecule has 0 aliphatic carbocycles. The number of nitrogens with zero attached hydrogens (tertiary/aromatic N) is 1. The lowest BCUT2D eigenvalue weighted by Gasteiger charge is -2.28.